The first-order valence-corrected chi connectivity index (χ1v) is 10.9. The van der Waals surface area contributed by atoms with Crippen LogP contribution in [0.4, 0.5) is 11.4 Å². The highest BCUT2D eigenvalue weighted by Crippen LogP contribution is 2.36. The number of hydrogen-bond donors (Lipinski definition) is 4. The molecule has 0 spiro atoms. The molecule has 3 aromatic rings. The van der Waals surface area contributed by atoms with Gasteiger partial charge in [0.15, 0.2) is 0 Å². The number of carboxylic acid groups (broad SMARTS) is 1. The van der Waals surface area contributed by atoms with E-state index < -0.39 is 5.97 Å². The lowest BCUT2D eigenvalue weighted by Gasteiger charge is -2.10. The molecular formula is C26H23N3O4. The van der Waals surface area contributed by atoms with Gasteiger partial charge in [0.1, 0.15) is 0 Å². The van der Waals surface area contributed by atoms with Gasteiger partial charge in [0.25, 0.3) is 11.8 Å². The molecule has 0 unspecified atom stereocenters. The second-order valence-corrected chi connectivity index (χ2v) is 8.44. The smallest absolute Gasteiger partial charge is 0.335 e. The van der Waals surface area contributed by atoms with Crippen LogP contribution in [0.1, 0.15) is 61.6 Å². The minimum Gasteiger partial charge on any atom is -0.478 e. The molecule has 2 heterocycles. The van der Waals surface area contributed by atoms with Crippen LogP contribution in [0.5, 0.6) is 0 Å². The van der Waals surface area contributed by atoms with E-state index in [0.717, 1.165) is 24.1 Å². The number of H-pyrrole nitrogens is 1. The van der Waals surface area contributed by atoms with E-state index in [1.807, 2.05) is 6.08 Å². The molecule has 1 aromatic heterocycles. The van der Waals surface area contributed by atoms with E-state index in [0.29, 0.717) is 22.5 Å². The van der Waals surface area contributed by atoms with Crippen molar-refractivity contribution in [2.75, 3.05) is 10.6 Å². The molecule has 1 aliphatic carbocycles. The first kappa shape index (κ1) is 20.8. The maximum atomic E-state index is 12.7. The van der Waals surface area contributed by atoms with Crippen molar-refractivity contribution in [2.24, 2.45) is 0 Å². The maximum Gasteiger partial charge on any atom is 0.335 e. The molecule has 2 aromatic carbocycles. The number of benzene rings is 2. The highest BCUT2D eigenvalue weighted by molar-refractivity contribution is 6.35. The molecule has 2 aliphatic rings. The molecule has 0 radical (unpaired) electrons. The lowest BCUT2D eigenvalue weighted by molar-refractivity contribution is -0.110. The van der Waals surface area contributed by atoms with Crippen molar-refractivity contribution in [2.45, 2.75) is 32.6 Å². The molecule has 166 valence electrons. The van der Waals surface area contributed by atoms with Gasteiger partial charge in [0, 0.05) is 33.9 Å². The molecule has 7 heteroatoms. The van der Waals surface area contributed by atoms with E-state index >= 15 is 0 Å². The Morgan fingerprint density at radius 2 is 1.76 bits per heavy atom. The zero-order chi connectivity index (χ0) is 23.1. The molecule has 0 atom stereocenters. The van der Waals surface area contributed by atoms with Crippen molar-refractivity contribution in [3.8, 4) is 0 Å². The largest absolute Gasteiger partial charge is 0.478 e. The predicted octanol–water partition coefficient (Wildman–Crippen LogP) is 4.65. The summed E-state index contributed by atoms with van der Waals surface area (Å²) < 4.78 is 0. The fourth-order valence-corrected chi connectivity index (χ4v) is 4.54. The van der Waals surface area contributed by atoms with Gasteiger partial charge in [0.05, 0.1) is 11.1 Å². The summed E-state index contributed by atoms with van der Waals surface area (Å²) in [6, 6.07) is 11.0. The number of aromatic amines is 1. The Morgan fingerprint density at radius 3 is 2.48 bits per heavy atom. The number of rotatable bonds is 4. The maximum absolute atomic E-state index is 12.7. The highest BCUT2D eigenvalue weighted by atomic mass is 16.4. The van der Waals surface area contributed by atoms with Gasteiger partial charge in [-0.05, 0) is 92.3 Å². The van der Waals surface area contributed by atoms with Crippen LogP contribution < -0.4 is 10.6 Å². The summed E-state index contributed by atoms with van der Waals surface area (Å²) in [6.45, 7) is 2.09. The minimum absolute atomic E-state index is 0.115. The molecule has 0 fully saturated rings. The molecule has 2 amide bonds. The van der Waals surface area contributed by atoms with E-state index in [-0.39, 0.29) is 17.4 Å². The van der Waals surface area contributed by atoms with Crippen LogP contribution in [0.3, 0.4) is 0 Å². The first-order chi connectivity index (χ1) is 15.9. The van der Waals surface area contributed by atoms with Crippen LogP contribution in [0.15, 0.2) is 42.5 Å². The van der Waals surface area contributed by atoms with Crippen LogP contribution >= 0.6 is 0 Å². The first-order valence-electron chi connectivity index (χ1n) is 10.9. The third kappa shape index (κ3) is 3.82. The average molecular weight is 441 g/mol. The van der Waals surface area contributed by atoms with E-state index in [1.165, 1.54) is 53.9 Å². The standard InChI is InChI=1S/C26H23N3O4/c1-14-18-4-2-3-5-21(18)28-23(14)13-20-19-12-17(10-11-22(19)29-25(20)31)27-24(30)15-6-8-16(9-7-15)26(32)33/h6-13,28H,2-5H2,1H3,(H,27,30)(H,29,31)(H,32,33). The molecule has 4 N–H and O–H groups in total. The third-order valence-corrected chi connectivity index (χ3v) is 6.35. The summed E-state index contributed by atoms with van der Waals surface area (Å²) in [6.07, 6.45) is 6.35. The van der Waals surface area contributed by atoms with Gasteiger partial charge in [-0.2, -0.15) is 0 Å². The zero-order valence-electron chi connectivity index (χ0n) is 18.1. The summed E-state index contributed by atoms with van der Waals surface area (Å²) in [4.78, 5) is 39.8. The van der Waals surface area contributed by atoms with Crippen molar-refractivity contribution in [1.29, 1.82) is 0 Å². The van der Waals surface area contributed by atoms with Crippen LogP contribution in [-0.2, 0) is 17.6 Å². The van der Waals surface area contributed by atoms with Crippen molar-refractivity contribution in [3.63, 3.8) is 0 Å². The molecule has 0 bridgehead atoms. The zero-order valence-corrected chi connectivity index (χ0v) is 18.1. The van der Waals surface area contributed by atoms with Crippen molar-refractivity contribution >= 4 is 40.8 Å². The number of anilines is 2. The van der Waals surface area contributed by atoms with Gasteiger partial charge < -0.3 is 20.7 Å². The average Bonchev–Trinajstić information content (AvgIpc) is 3.30. The van der Waals surface area contributed by atoms with E-state index in [1.54, 1.807) is 18.2 Å². The quantitative estimate of drug-likeness (QED) is 0.442. The van der Waals surface area contributed by atoms with Gasteiger partial charge in [-0.15, -0.1) is 0 Å². The Morgan fingerprint density at radius 1 is 1.03 bits per heavy atom. The Bertz CT molecular complexity index is 1330. The van der Waals surface area contributed by atoms with Crippen molar-refractivity contribution in [3.05, 3.63) is 81.7 Å². The molecule has 7 nitrogen and oxygen atoms in total. The summed E-state index contributed by atoms with van der Waals surface area (Å²) in [5.74, 6) is -1.58. The number of fused-ring (bicyclic) bond motifs is 2. The number of carbonyl (C=O) groups is 3. The molecule has 0 saturated carbocycles. The minimum atomic E-state index is -1.05. The fourth-order valence-electron chi connectivity index (χ4n) is 4.54. The summed E-state index contributed by atoms with van der Waals surface area (Å²) >= 11 is 0. The van der Waals surface area contributed by atoms with Crippen LogP contribution in [0, 0.1) is 6.92 Å². The molecule has 5 rings (SSSR count). The molecule has 33 heavy (non-hydrogen) atoms. The molecule has 1 aliphatic heterocycles. The number of hydrogen-bond acceptors (Lipinski definition) is 3. The van der Waals surface area contributed by atoms with Gasteiger partial charge in [-0.3, -0.25) is 9.59 Å². The number of aryl methyl sites for hydroxylation is 1. The third-order valence-electron chi connectivity index (χ3n) is 6.35. The predicted molar refractivity (Wildman–Crippen MR) is 126 cm³/mol. The highest BCUT2D eigenvalue weighted by Gasteiger charge is 2.26. The van der Waals surface area contributed by atoms with E-state index in [2.05, 4.69) is 22.5 Å². The lowest BCUT2D eigenvalue weighted by Crippen LogP contribution is -2.12. The Balaban J connectivity index is 1.43. The number of aromatic nitrogens is 1. The summed E-state index contributed by atoms with van der Waals surface area (Å²) in [7, 11) is 0. The van der Waals surface area contributed by atoms with E-state index in [9.17, 15) is 14.4 Å². The molecular weight excluding hydrogens is 418 g/mol. The fraction of sp³-hybridized carbons (Fsp3) is 0.192. The normalized spacial score (nSPS) is 15.7. The Hall–Kier alpha value is -4.13. The monoisotopic (exact) mass is 441 g/mol. The topological polar surface area (TPSA) is 111 Å². The second kappa shape index (κ2) is 8.09. The van der Waals surface area contributed by atoms with Crippen molar-refractivity contribution in [1.82, 2.24) is 4.98 Å². The summed E-state index contributed by atoms with van der Waals surface area (Å²) in [5, 5.41) is 14.7. The van der Waals surface area contributed by atoms with Crippen LogP contribution in [-0.4, -0.2) is 27.9 Å². The summed E-state index contributed by atoms with van der Waals surface area (Å²) in [5.41, 5.74) is 7.75. The Labute approximate surface area is 190 Å². The van der Waals surface area contributed by atoms with Gasteiger partial charge in [0.2, 0.25) is 0 Å². The number of carbonyl (C=O) groups excluding carboxylic acids is 2. The lowest BCUT2D eigenvalue weighted by atomic mass is 9.95. The van der Waals surface area contributed by atoms with E-state index in [4.69, 9.17) is 5.11 Å². The van der Waals surface area contributed by atoms with Crippen LogP contribution in [0.25, 0.3) is 11.6 Å². The molecule has 0 saturated heterocycles. The SMILES string of the molecule is Cc1c(C=C2C(=O)Nc3ccc(NC(=O)c4ccc(C(=O)O)cc4)cc32)[nH]c2c1CCCC2. The number of aromatic carboxylic acids is 1. The van der Waals surface area contributed by atoms with Gasteiger partial charge in [-0.1, -0.05) is 0 Å². The number of carboxylic acids is 1. The van der Waals surface area contributed by atoms with Gasteiger partial charge in [-0.25, -0.2) is 4.79 Å². The number of amides is 2. The number of nitrogens with one attached hydrogen (secondary N) is 3. The van der Waals surface area contributed by atoms with Crippen LogP contribution in [0.2, 0.25) is 0 Å². The second-order valence-electron chi connectivity index (χ2n) is 8.44. The van der Waals surface area contributed by atoms with Gasteiger partial charge >= 0.3 is 5.97 Å². The van der Waals surface area contributed by atoms with Crippen molar-refractivity contribution < 1.29 is 19.5 Å². The Kier molecular flexibility index (Phi) is 5.09.